The van der Waals surface area contributed by atoms with Crippen LogP contribution < -0.4 is 5.32 Å². The summed E-state index contributed by atoms with van der Waals surface area (Å²) in [5, 5.41) is 3.43. The van der Waals surface area contributed by atoms with Gasteiger partial charge in [-0.1, -0.05) is 0 Å². The zero-order valence-corrected chi connectivity index (χ0v) is 11.0. The minimum atomic E-state index is 0.237. The lowest BCUT2D eigenvalue weighted by Gasteiger charge is -2.21. The van der Waals surface area contributed by atoms with E-state index in [0.717, 1.165) is 29.5 Å². The van der Waals surface area contributed by atoms with Crippen molar-refractivity contribution in [2.24, 2.45) is 0 Å². The third-order valence-electron chi connectivity index (χ3n) is 3.54. The van der Waals surface area contributed by atoms with Gasteiger partial charge >= 0.3 is 0 Å². The molecule has 5 heteroatoms. The Morgan fingerprint density at radius 2 is 2.35 bits per heavy atom. The molecule has 1 aromatic heterocycles. The Labute approximate surface area is 109 Å². The molecular weight excluding hydrogens is 282 g/mol. The second kappa shape index (κ2) is 4.29. The normalized spacial score (nSPS) is 27.4. The number of amides is 1. The van der Waals surface area contributed by atoms with Crippen LogP contribution in [0, 0.1) is 0 Å². The predicted molar refractivity (Wildman–Crippen MR) is 68.7 cm³/mol. The number of pyridine rings is 1. The maximum absolute atomic E-state index is 11.8. The molecule has 2 aliphatic rings. The zero-order valence-electron chi connectivity index (χ0n) is 9.40. The fourth-order valence-corrected chi connectivity index (χ4v) is 3.18. The van der Waals surface area contributed by atoms with Crippen molar-refractivity contribution in [1.82, 2.24) is 9.88 Å². The molecule has 0 aliphatic carbocycles. The fourth-order valence-electron chi connectivity index (χ4n) is 2.81. The lowest BCUT2D eigenvalue weighted by molar-refractivity contribution is -0.127. The molecule has 2 saturated heterocycles. The van der Waals surface area contributed by atoms with Gasteiger partial charge in [-0.15, -0.1) is 0 Å². The van der Waals surface area contributed by atoms with Crippen LogP contribution in [0.5, 0.6) is 0 Å². The summed E-state index contributed by atoms with van der Waals surface area (Å²) in [7, 11) is 0. The molecule has 2 aliphatic heterocycles. The van der Waals surface area contributed by atoms with Gasteiger partial charge < -0.3 is 10.2 Å². The monoisotopic (exact) mass is 295 g/mol. The molecule has 3 rings (SSSR count). The highest BCUT2D eigenvalue weighted by Gasteiger charge is 2.42. The van der Waals surface area contributed by atoms with Crippen LogP contribution in [-0.2, 0) is 4.79 Å². The van der Waals surface area contributed by atoms with Gasteiger partial charge in [-0.3, -0.25) is 9.78 Å². The van der Waals surface area contributed by atoms with Crippen LogP contribution in [0.2, 0.25) is 0 Å². The molecule has 0 radical (unpaired) electrons. The van der Waals surface area contributed by atoms with Crippen molar-refractivity contribution in [1.29, 1.82) is 0 Å². The Bertz CT molecular complexity index is 451. The number of fused-ring (bicyclic) bond motifs is 1. The van der Waals surface area contributed by atoms with E-state index in [2.05, 4.69) is 26.2 Å². The van der Waals surface area contributed by atoms with Gasteiger partial charge in [0.05, 0.1) is 24.0 Å². The number of hydrogen-bond donors (Lipinski definition) is 1. The average Bonchev–Trinajstić information content (AvgIpc) is 2.85. The van der Waals surface area contributed by atoms with Gasteiger partial charge in [-0.05, 0) is 34.8 Å². The maximum Gasteiger partial charge on any atom is 0.225 e. The molecule has 0 spiro atoms. The van der Waals surface area contributed by atoms with Crippen LogP contribution in [0.25, 0.3) is 0 Å². The topological polar surface area (TPSA) is 45.2 Å². The van der Waals surface area contributed by atoms with E-state index < -0.39 is 0 Å². The molecule has 0 aromatic carbocycles. The molecule has 2 atom stereocenters. The summed E-state index contributed by atoms with van der Waals surface area (Å²) >= 11 is 3.40. The van der Waals surface area contributed by atoms with Crippen molar-refractivity contribution in [2.75, 3.05) is 11.9 Å². The van der Waals surface area contributed by atoms with Crippen LogP contribution in [0.3, 0.4) is 0 Å². The lowest BCUT2D eigenvalue weighted by Crippen LogP contribution is -2.34. The molecule has 1 amide bonds. The first kappa shape index (κ1) is 11.0. The SMILES string of the molecule is O=C1CC(Nc2cncc(Br)c2)C2CCCN12. The molecule has 0 bridgehead atoms. The molecule has 2 fully saturated rings. The third-order valence-corrected chi connectivity index (χ3v) is 3.97. The molecule has 1 aromatic rings. The van der Waals surface area contributed by atoms with Crippen molar-refractivity contribution in [3.05, 3.63) is 22.9 Å². The summed E-state index contributed by atoms with van der Waals surface area (Å²) in [6, 6.07) is 2.61. The molecule has 3 heterocycles. The number of carbonyl (C=O) groups is 1. The van der Waals surface area contributed by atoms with E-state index in [1.54, 1.807) is 12.4 Å². The largest absolute Gasteiger partial charge is 0.378 e. The summed E-state index contributed by atoms with van der Waals surface area (Å²) in [5.41, 5.74) is 0.978. The Balaban J connectivity index is 1.75. The highest BCUT2D eigenvalue weighted by atomic mass is 79.9. The van der Waals surface area contributed by atoms with Gasteiger partial charge in [-0.2, -0.15) is 0 Å². The van der Waals surface area contributed by atoms with Gasteiger partial charge in [0.1, 0.15) is 0 Å². The molecule has 0 saturated carbocycles. The van der Waals surface area contributed by atoms with Crippen LogP contribution in [0.1, 0.15) is 19.3 Å². The number of hydrogen-bond acceptors (Lipinski definition) is 3. The number of anilines is 1. The summed E-state index contributed by atoms with van der Waals surface area (Å²) in [5.74, 6) is 0.285. The highest BCUT2D eigenvalue weighted by molar-refractivity contribution is 9.10. The number of rotatable bonds is 2. The minimum absolute atomic E-state index is 0.237. The summed E-state index contributed by atoms with van der Waals surface area (Å²) in [4.78, 5) is 17.9. The number of aromatic nitrogens is 1. The van der Waals surface area contributed by atoms with E-state index >= 15 is 0 Å². The molecular formula is C12H14BrN3O. The Morgan fingerprint density at radius 1 is 1.47 bits per heavy atom. The van der Waals surface area contributed by atoms with Crippen molar-refractivity contribution in [3.8, 4) is 0 Å². The van der Waals surface area contributed by atoms with Crippen LogP contribution in [-0.4, -0.2) is 34.4 Å². The molecule has 1 N–H and O–H groups in total. The second-order valence-electron chi connectivity index (χ2n) is 4.64. The first-order valence-corrected chi connectivity index (χ1v) is 6.70. The third kappa shape index (κ3) is 2.04. The van der Waals surface area contributed by atoms with E-state index in [4.69, 9.17) is 0 Å². The number of nitrogens with one attached hydrogen (secondary N) is 1. The summed E-state index contributed by atoms with van der Waals surface area (Å²) in [6.07, 6.45) is 6.41. The first-order chi connectivity index (χ1) is 8.24. The number of carbonyl (C=O) groups excluding carboxylic acids is 1. The van der Waals surface area contributed by atoms with Crippen molar-refractivity contribution < 1.29 is 4.79 Å². The minimum Gasteiger partial charge on any atom is -0.378 e. The van der Waals surface area contributed by atoms with Gasteiger partial charge in [-0.25, -0.2) is 0 Å². The summed E-state index contributed by atoms with van der Waals surface area (Å²) in [6.45, 7) is 0.929. The highest BCUT2D eigenvalue weighted by Crippen LogP contribution is 2.31. The molecule has 17 heavy (non-hydrogen) atoms. The van der Waals surface area contributed by atoms with E-state index in [1.807, 2.05) is 11.0 Å². The zero-order chi connectivity index (χ0) is 11.8. The maximum atomic E-state index is 11.8. The van der Waals surface area contributed by atoms with E-state index in [0.29, 0.717) is 12.5 Å². The van der Waals surface area contributed by atoms with Crippen LogP contribution >= 0.6 is 15.9 Å². The Hall–Kier alpha value is -1.10. The van der Waals surface area contributed by atoms with Crippen molar-refractivity contribution in [3.63, 3.8) is 0 Å². The predicted octanol–water partition coefficient (Wildman–Crippen LogP) is 2.02. The van der Waals surface area contributed by atoms with Gasteiger partial charge in [0, 0.05) is 23.6 Å². The molecule has 4 nitrogen and oxygen atoms in total. The van der Waals surface area contributed by atoms with E-state index in [1.165, 1.54) is 0 Å². The fraction of sp³-hybridized carbons (Fsp3) is 0.500. The first-order valence-electron chi connectivity index (χ1n) is 5.90. The molecule has 90 valence electrons. The second-order valence-corrected chi connectivity index (χ2v) is 5.56. The van der Waals surface area contributed by atoms with Gasteiger partial charge in [0.15, 0.2) is 0 Å². The van der Waals surface area contributed by atoms with Crippen LogP contribution in [0.15, 0.2) is 22.9 Å². The van der Waals surface area contributed by atoms with Gasteiger partial charge in [0.25, 0.3) is 0 Å². The quantitative estimate of drug-likeness (QED) is 0.908. The van der Waals surface area contributed by atoms with Gasteiger partial charge in [0.2, 0.25) is 5.91 Å². The van der Waals surface area contributed by atoms with Crippen molar-refractivity contribution in [2.45, 2.75) is 31.3 Å². The lowest BCUT2D eigenvalue weighted by atomic mass is 10.1. The summed E-state index contributed by atoms with van der Waals surface area (Å²) < 4.78 is 0.954. The smallest absolute Gasteiger partial charge is 0.225 e. The van der Waals surface area contributed by atoms with Crippen LogP contribution in [0.4, 0.5) is 5.69 Å². The average molecular weight is 296 g/mol. The van der Waals surface area contributed by atoms with Crippen molar-refractivity contribution >= 4 is 27.5 Å². The molecule has 2 unspecified atom stereocenters. The number of nitrogens with zero attached hydrogens (tertiary/aromatic N) is 2. The number of halogens is 1. The van der Waals surface area contributed by atoms with E-state index in [9.17, 15) is 4.79 Å². The van der Waals surface area contributed by atoms with E-state index in [-0.39, 0.29) is 11.9 Å². The Morgan fingerprint density at radius 3 is 3.18 bits per heavy atom. The standard InChI is InChI=1S/C12H14BrN3O/c13-8-4-9(7-14-6-8)15-10-5-12(17)16-3-1-2-11(10)16/h4,6-7,10-11,15H,1-3,5H2. The Kier molecular flexibility index (Phi) is 2.78.